The van der Waals surface area contributed by atoms with Crippen LogP contribution in [0.3, 0.4) is 0 Å². The van der Waals surface area contributed by atoms with Gasteiger partial charge in [0.05, 0.1) is 0 Å². The zero-order valence-electron chi connectivity index (χ0n) is 12.2. The van der Waals surface area contributed by atoms with Crippen LogP contribution < -0.4 is 4.89 Å². The summed E-state index contributed by atoms with van der Waals surface area (Å²) in [6.45, 7) is -2.74. The van der Waals surface area contributed by atoms with Crippen molar-refractivity contribution in [2.24, 2.45) is 0 Å². The van der Waals surface area contributed by atoms with Gasteiger partial charge >= 0.3 is 18.3 Å². The molecule has 0 bridgehead atoms. The van der Waals surface area contributed by atoms with Gasteiger partial charge in [-0.05, 0) is 6.08 Å². The van der Waals surface area contributed by atoms with Crippen LogP contribution in [0.15, 0.2) is 12.2 Å². The molecule has 0 heterocycles. The van der Waals surface area contributed by atoms with Gasteiger partial charge in [0, 0.05) is 6.08 Å². The first-order chi connectivity index (χ1) is 12.0. The number of carbonyl (C=O) groups is 1. The molecule has 0 saturated heterocycles. The Morgan fingerprint density at radius 2 is 1.46 bits per heavy atom. The Bertz CT molecular complexity index is 662. The van der Waals surface area contributed by atoms with Crippen molar-refractivity contribution in [3.05, 3.63) is 41.2 Å². The Kier molecular flexibility index (Phi) is 7.29. The molecular formula is C13H7F9O4. The first kappa shape index (κ1) is 21.6. The van der Waals surface area contributed by atoms with Gasteiger partial charge in [-0.15, -0.1) is 0 Å². The second kappa shape index (κ2) is 8.78. The molecule has 0 aliphatic heterocycles. The highest BCUT2D eigenvalue weighted by Gasteiger charge is 2.42. The van der Waals surface area contributed by atoms with Gasteiger partial charge in [0.25, 0.3) is 0 Å². The lowest BCUT2D eigenvalue weighted by molar-refractivity contribution is -0.200. The number of hydrogen-bond acceptors (Lipinski definition) is 4. The van der Waals surface area contributed by atoms with Crippen LogP contribution in [0, 0.1) is 29.1 Å². The maximum absolute atomic E-state index is 13.2. The molecule has 0 aromatic heterocycles. The topological polar surface area (TPSA) is 44.8 Å². The van der Waals surface area contributed by atoms with Crippen LogP contribution in [-0.2, 0) is 14.4 Å². The lowest BCUT2D eigenvalue weighted by Crippen LogP contribution is -2.33. The highest BCUT2D eigenvalue weighted by atomic mass is 19.3. The Morgan fingerprint density at radius 1 is 0.962 bits per heavy atom. The Labute approximate surface area is 138 Å². The van der Waals surface area contributed by atoms with Gasteiger partial charge in [0.1, 0.15) is 6.61 Å². The molecule has 1 aromatic rings. The predicted octanol–water partition coefficient (Wildman–Crippen LogP) is 3.69. The number of halogens is 9. The van der Waals surface area contributed by atoms with E-state index in [-0.39, 0.29) is 0 Å². The minimum Gasteiger partial charge on any atom is -0.456 e. The van der Waals surface area contributed by atoms with Crippen LogP contribution in [0.1, 0.15) is 0 Å². The fraction of sp³-hybridized carbons (Fsp3) is 0.308. The summed E-state index contributed by atoms with van der Waals surface area (Å²) >= 11 is 0. The van der Waals surface area contributed by atoms with Gasteiger partial charge in [0.2, 0.25) is 34.8 Å². The molecule has 0 spiro atoms. The van der Waals surface area contributed by atoms with Crippen molar-refractivity contribution in [3.63, 3.8) is 0 Å². The van der Waals surface area contributed by atoms with E-state index in [0.29, 0.717) is 12.2 Å². The molecular weight excluding hydrogens is 391 g/mol. The summed E-state index contributed by atoms with van der Waals surface area (Å²) in [4.78, 5) is 18.9. The number of esters is 1. The SMILES string of the molecule is O=C(/C=C/COOc1c(F)c(F)c(F)c(F)c1F)OCC(F)(F)C(F)F. The summed E-state index contributed by atoms with van der Waals surface area (Å²) in [7, 11) is 0. The van der Waals surface area contributed by atoms with Crippen molar-refractivity contribution in [1.29, 1.82) is 0 Å². The van der Waals surface area contributed by atoms with E-state index in [9.17, 15) is 44.3 Å². The fourth-order valence-corrected chi connectivity index (χ4v) is 1.21. The van der Waals surface area contributed by atoms with Crippen molar-refractivity contribution >= 4 is 5.97 Å². The molecule has 4 nitrogen and oxygen atoms in total. The zero-order valence-corrected chi connectivity index (χ0v) is 12.2. The second-order valence-electron chi connectivity index (χ2n) is 4.34. The van der Waals surface area contributed by atoms with E-state index < -0.39 is 66.4 Å². The molecule has 1 aromatic carbocycles. The van der Waals surface area contributed by atoms with E-state index in [1.165, 1.54) is 0 Å². The van der Waals surface area contributed by atoms with E-state index in [2.05, 4.69) is 14.5 Å². The molecule has 0 aliphatic rings. The van der Waals surface area contributed by atoms with Crippen molar-refractivity contribution in [1.82, 2.24) is 0 Å². The Balaban J connectivity index is 2.53. The molecule has 0 atom stereocenters. The standard InChI is InChI=1S/C13H7F9O4/c14-6-7(15)9(17)11(10(18)8(6)16)26-25-3-1-2-5(23)24-4-13(21,22)12(19)20/h1-2,12H,3-4H2/b2-1+. The van der Waals surface area contributed by atoms with Gasteiger partial charge < -0.3 is 9.62 Å². The summed E-state index contributed by atoms with van der Waals surface area (Å²) < 4.78 is 117. The third kappa shape index (κ3) is 5.28. The molecule has 0 saturated carbocycles. The van der Waals surface area contributed by atoms with Crippen molar-refractivity contribution in [2.75, 3.05) is 13.2 Å². The molecule has 0 fully saturated rings. The van der Waals surface area contributed by atoms with Crippen LogP contribution >= 0.6 is 0 Å². The largest absolute Gasteiger partial charge is 0.456 e. The van der Waals surface area contributed by atoms with Gasteiger partial charge in [-0.3, -0.25) is 0 Å². The van der Waals surface area contributed by atoms with Crippen LogP contribution in [0.5, 0.6) is 5.75 Å². The summed E-state index contributed by atoms with van der Waals surface area (Å²) in [5, 5.41) is 0. The molecule has 1 rings (SSSR count). The molecule has 0 unspecified atom stereocenters. The number of ether oxygens (including phenoxy) is 1. The lowest BCUT2D eigenvalue weighted by Gasteiger charge is -2.14. The van der Waals surface area contributed by atoms with Crippen LogP contribution in [-0.4, -0.2) is 31.5 Å². The van der Waals surface area contributed by atoms with E-state index >= 15 is 0 Å². The fourth-order valence-electron chi connectivity index (χ4n) is 1.21. The zero-order chi connectivity index (χ0) is 20.1. The van der Waals surface area contributed by atoms with E-state index in [1.54, 1.807) is 0 Å². The number of benzene rings is 1. The average molecular weight is 398 g/mol. The first-order valence-electron chi connectivity index (χ1n) is 6.29. The summed E-state index contributed by atoms with van der Waals surface area (Å²) in [5.74, 6) is -19.5. The average Bonchev–Trinajstić information content (AvgIpc) is 2.58. The highest BCUT2D eigenvalue weighted by molar-refractivity contribution is 5.81. The lowest BCUT2D eigenvalue weighted by atomic mass is 10.3. The predicted molar refractivity (Wildman–Crippen MR) is 63.9 cm³/mol. The van der Waals surface area contributed by atoms with Crippen molar-refractivity contribution < 1.29 is 58.8 Å². The number of carbonyl (C=O) groups excluding carboxylic acids is 1. The van der Waals surface area contributed by atoms with Crippen LogP contribution in [0.4, 0.5) is 39.5 Å². The van der Waals surface area contributed by atoms with Gasteiger partial charge in [-0.1, -0.05) is 0 Å². The molecule has 0 amide bonds. The maximum atomic E-state index is 13.2. The summed E-state index contributed by atoms with van der Waals surface area (Å²) in [5.41, 5.74) is 0. The smallest absolute Gasteiger partial charge is 0.340 e. The third-order valence-electron chi connectivity index (χ3n) is 2.46. The molecule has 0 radical (unpaired) electrons. The van der Waals surface area contributed by atoms with Crippen molar-refractivity contribution in [2.45, 2.75) is 12.3 Å². The van der Waals surface area contributed by atoms with Crippen LogP contribution in [0.2, 0.25) is 0 Å². The third-order valence-corrected chi connectivity index (χ3v) is 2.46. The van der Waals surface area contributed by atoms with Crippen LogP contribution in [0.25, 0.3) is 0 Å². The summed E-state index contributed by atoms with van der Waals surface area (Å²) in [6, 6.07) is 0. The van der Waals surface area contributed by atoms with Gasteiger partial charge in [-0.25, -0.2) is 26.7 Å². The molecule has 26 heavy (non-hydrogen) atoms. The minimum atomic E-state index is -4.56. The van der Waals surface area contributed by atoms with Gasteiger partial charge in [-0.2, -0.15) is 22.4 Å². The monoisotopic (exact) mass is 398 g/mol. The minimum absolute atomic E-state index is 0.406. The number of rotatable bonds is 8. The molecule has 146 valence electrons. The quantitative estimate of drug-likeness (QED) is 0.0980. The number of alkyl halides is 4. The molecule has 13 heteroatoms. The first-order valence-corrected chi connectivity index (χ1v) is 6.29. The maximum Gasteiger partial charge on any atom is 0.340 e. The van der Waals surface area contributed by atoms with Gasteiger partial charge in [0.15, 0.2) is 6.61 Å². The number of hydrogen-bond donors (Lipinski definition) is 0. The molecule has 0 N–H and O–H groups in total. The van der Waals surface area contributed by atoms with E-state index in [4.69, 9.17) is 0 Å². The Morgan fingerprint density at radius 3 is 1.96 bits per heavy atom. The highest BCUT2D eigenvalue weighted by Crippen LogP contribution is 2.29. The molecule has 0 aliphatic carbocycles. The van der Waals surface area contributed by atoms with E-state index in [0.717, 1.165) is 0 Å². The normalized spacial score (nSPS) is 12.1. The van der Waals surface area contributed by atoms with E-state index in [1.807, 2.05) is 0 Å². The van der Waals surface area contributed by atoms with Crippen molar-refractivity contribution in [3.8, 4) is 5.75 Å². The summed E-state index contributed by atoms with van der Waals surface area (Å²) in [6.07, 6.45) is -2.99. The Hall–Kier alpha value is -2.44. The second-order valence-corrected chi connectivity index (χ2v) is 4.34.